The Bertz CT molecular complexity index is 1540. The van der Waals surface area contributed by atoms with Gasteiger partial charge in [-0.05, 0) is 83.8 Å². The highest BCUT2D eigenvalue weighted by atomic mass is 35.5. The highest BCUT2D eigenvalue weighted by Crippen LogP contribution is 2.36. The fourth-order valence-electron chi connectivity index (χ4n) is 7.79. The van der Waals surface area contributed by atoms with Gasteiger partial charge in [0.15, 0.2) is 0 Å². The van der Waals surface area contributed by atoms with E-state index in [9.17, 15) is 18.0 Å². The zero-order valence-corrected chi connectivity index (χ0v) is 34.5. The number of nitrogens with zero attached hydrogens (tertiary/aromatic N) is 6. The maximum absolute atomic E-state index is 13.9. The summed E-state index contributed by atoms with van der Waals surface area (Å²) >= 11 is 0. The SMILES string of the molecule is CCCCN1C(=O)[C@H](CC2CCCCC2)NC(=O)C12CCN(Cc1c(C)nn(-c3ccc(S(=O)(=O)N(C)CCN(C)C)cc3)c1C)CC2.Cl.Cl.Cl. The summed E-state index contributed by atoms with van der Waals surface area (Å²) in [7, 11) is 1.87. The number of sulfonamides is 1. The van der Waals surface area contributed by atoms with E-state index < -0.39 is 21.6 Å². The molecule has 0 bridgehead atoms. The second-order valence-corrected chi connectivity index (χ2v) is 16.6. The minimum atomic E-state index is -3.59. The van der Waals surface area contributed by atoms with Gasteiger partial charge in [-0.1, -0.05) is 45.4 Å². The van der Waals surface area contributed by atoms with Crippen molar-refractivity contribution < 1.29 is 18.0 Å². The standard InChI is InChI=1S/C36H57N7O4S.3ClH/c1-7-8-20-42-34(44)33(25-29-12-10-9-11-13-29)37-35(45)36(42)18-21-41(22-19-36)26-32-27(2)38-43(28(32)3)30-14-16-31(17-15-30)48(46,47)40(6)24-23-39(4)5;;;/h14-17,29,33H,7-13,18-26H2,1-6H3,(H,37,45);3*1H/t33-;;;/m0.../s1. The molecule has 3 aliphatic rings. The number of nitrogens with one attached hydrogen (secondary N) is 1. The first kappa shape index (κ1) is 45.2. The molecule has 1 atom stereocenters. The van der Waals surface area contributed by atoms with Crippen LogP contribution in [-0.2, 0) is 26.2 Å². The largest absolute Gasteiger partial charge is 0.342 e. The molecule has 51 heavy (non-hydrogen) atoms. The van der Waals surface area contributed by atoms with Crippen LogP contribution < -0.4 is 5.32 Å². The minimum absolute atomic E-state index is 0. The van der Waals surface area contributed by atoms with Gasteiger partial charge in [0.25, 0.3) is 0 Å². The van der Waals surface area contributed by atoms with Gasteiger partial charge in [-0.25, -0.2) is 13.1 Å². The average molecular weight is 793 g/mol. The Hall–Kier alpha value is -1.93. The molecule has 1 N–H and O–H groups in total. The molecule has 290 valence electrons. The molecule has 11 nitrogen and oxygen atoms in total. The van der Waals surface area contributed by atoms with E-state index in [2.05, 4.69) is 17.1 Å². The first-order valence-corrected chi connectivity index (χ1v) is 19.4. The molecule has 15 heteroatoms. The first-order chi connectivity index (χ1) is 22.9. The van der Waals surface area contributed by atoms with E-state index in [-0.39, 0.29) is 53.9 Å². The zero-order valence-electron chi connectivity index (χ0n) is 31.2. The predicted octanol–water partition coefficient (Wildman–Crippen LogP) is 5.37. The van der Waals surface area contributed by atoms with Crippen LogP contribution in [0.2, 0.25) is 0 Å². The lowest BCUT2D eigenvalue weighted by atomic mass is 9.79. The smallest absolute Gasteiger partial charge is 0.246 e. The summed E-state index contributed by atoms with van der Waals surface area (Å²) in [6.45, 7) is 10.0. The summed E-state index contributed by atoms with van der Waals surface area (Å²) < 4.78 is 29.5. The van der Waals surface area contributed by atoms with Gasteiger partial charge in [0.1, 0.15) is 11.6 Å². The third-order valence-corrected chi connectivity index (χ3v) is 12.9. The number of likely N-dealkylation sites (N-methyl/N-ethyl adjacent to an activating group) is 2. The van der Waals surface area contributed by atoms with Gasteiger partial charge < -0.3 is 15.1 Å². The second kappa shape index (κ2) is 19.4. The summed E-state index contributed by atoms with van der Waals surface area (Å²) in [5.41, 5.74) is 3.09. The number of carbonyl (C=O) groups excluding carboxylic acids is 2. The Morgan fingerprint density at radius 1 is 0.941 bits per heavy atom. The fourth-order valence-corrected chi connectivity index (χ4v) is 8.95. The number of piperidine rings is 1. The highest BCUT2D eigenvalue weighted by molar-refractivity contribution is 7.89. The molecular formula is C36H60Cl3N7O4S. The number of amides is 2. The molecule has 1 saturated carbocycles. The van der Waals surface area contributed by atoms with Crippen LogP contribution in [0.4, 0.5) is 0 Å². The van der Waals surface area contributed by atoms with E-state index in [0.29, 0.717) is 58.0 Å². The van der Waals surface area contributed by atoms with Gasteiger partial charge in [-0.3, -0.25) is 14.5 Å². The third kappa shape index (κ3) is 9.99. The number of piperazine rings is 1. The van der Waals surface area contributed by atoms with Crippen molar-refractivity contribution in [3.63, 3.8) is 0 Å². The number of hydrogen-bond acceptors (Lipinski definition) is 7. The number of unbranched alkanes of at least 4 members (excludes halogenated alkanes) is 1. The van der Waals surface area contributed by atoms with Crippen LogP contribution in [0.5, 0.6) is 0 Å². The second-order valence-electron chi connectivity index (χ2n) is 14.6. The maximum atomic E-state index is 13.9. The Morgan fingerprint density at radius 2 is 1.57 bits per heavy atom. The molecule has 1 aromatic carbocycles. The van der Waals surface area contributed by atoms with E-state index in [1.165, 1.54) is 23.6 Å². The Balaban J connectivity index is 0.00000300. The number of carbonyl (C=O) groups is 2. The zero-order chi connectivity index (χ0) is 34.6. The number of benzene rings is 1. The van der Waals surface area contributed by atoms with Crippen LogP contribution in [0.25, 0.3) is 5.69 Å². The fraction of sp³-hybridized carbons (Fsp3) is 0.694. The Morgan fingerprint density at radius 3 is 2.16 bits per heavy atom. The van der Waals surface area contributed by atoms with Crippen LogP contribution in [0.1, 0.15) is 88.1 Å². The van der Waals surface area contributed by atoms with Crippen molar-refractivity contribution in [2.45, 2.75) is 108 Å². The Labute approximate surface area is 324 Å². The minimum Gasteiger partial charge on any atom is -0.342 e. The molecule has 2 aromatic rings. The van der Waals surface area contributed by atoms with Crippen LogP contribution in [0, 0.1) is 19.8 Å². The molecule has 5 rings (SSSR count). The maximum Gasteiger partial charge on any atom is 0.246 e. The van der Waals surface area contributed by atoms with Crippen LogP contribution >= 0.6 is 37.2 Å². The van der Waals surface area contributed by atoms with Crippen molar-refractivity contribution in [3.05, 3.63) is 41.2 Å². The topological polar surface area (TPSA) is 111 Å². The van der Waals surface area contributed by atoms with Crippen molar-refractivity contribution in [2.75, 3.05) is 53.9 Å². The van der Waals surface area contributed by atoms with Crippen molar-refractivity contribution in [3.8, 4) is 5.69 Å². The first-order valence-electron chi connectivity index (χ1n) is 18.0. The molecule has 2 amide bonds. The number of hydrogen-bond donors (Lipinski definition) is 1. The normalized spacial score (nSPS) is 19.8. The average Bonchev–Trinajstić information content (AvgIpc) is 3.35. The van der Waals surface area contributed by atoms with Crippen molar-refractivity contribution in [1.82, 2.24) is 34.1 Å². The van der Waals surface area contributed by atoms with E-state index >= 15 is 0 Å². The van der Waals surface area contributed by atoms with Gasteiger partial charge in [0, 0.05) is 57.6 Å². The van der Waals surface area contributed by atoms with E-state index in [1.54, 1.807) is 19.2 Å². The molecule has 2 saturated heterocycles. The monoisotopic (exact) mass is 791 g/mol. The Kier molecular flexibility index (Phi) is 17.2. The van der Waals surface area contributed by atoms with Crippen LogP contribution in [-0.4, -0.2) is 114 Å². The van der Waals surface area contributed by atoms with Gasteiger partial charge in [-0.15, -0.1) is 37.2 Å². The number of rotatable bonds is 13. The molecule has 1 aromatic heterocycles. The van der Waals surface area contributed by atoms with Crippen molar-refractivity contribution in [2.24, 2.45) is 5.92 Å². The van der Waals surface area contributed by atoms with E-state index in [1.807, 2.05) is 54.6 Å². The van der Waals surface area contributed by atoms with Gasteiger partial charge >= 0.3 is 0 Å². The number of halogens is 3. The van der Waals surface area contributed by atoms with Gasteiger partial charge in [-0.2, -0.15) is 9.40 Å². The van der Waals surface area contributed by atoms with Gasteiger partial charge in [0.2, 0.25) is 21.8 Å². The molecule has 3 heterocycles. The summed E-state index contributed by atoms with van der Waals surface area (Å²) in [6.07, 6.45) is 9.94. The van der Waals surface area contributed by atoms with E-state index in [0.717, 1.165) is 54.7 Å². The number of likely N-dealkylation sites (tertiary alicyclic amines) is 1. The lowest BCUT2D eigenvalue weighted by molar-refractivity contribution is -0.162. The molecule has 0 radical (unpaired) electrons. The molecule has 0 unspecified atom stereocenters. The summed E-state index contributed by atoms with van der Waals surface area (Å²) in [5.74, 6) is 0.678. The summed E-state index contributed by atoms with van der Waals surface area (Å²) in [5, 5.41) is 8.05. The van der Waals surface area contributed by atoms with Crippen LogP contribution in [0.15, 0.2) is 29.2 Å². The molecule has 1 aliphatic carbocycles. The lowest BCUT2D eigenvalue weighted by Crippen LogP contribution is -2.73. The molecular weight excluding hydrogens is 733 g/mol. The lowest BCUT2D eigenvalue weighted by Gasteiger charge is -2.52. The quantitative estimate of drug-likeness (QED) is 0.291. The van der Waals surface area contributed by atoms with Crippen LogP contribution in [0.3, 0.4) is 0 Å². The molecule has 3 fully saturated rings. The predicted molar refractivity (Wildman–Crippen MR) is 210 cm³/mol. The molecule has 2 aliphatic heterocycles. The third-order valence-electron chi connectivity index (χ3n) is 11.0. The van der Waals surface area contributed by atoms with Crippen molar-refractivity contribution >= 4 is 59.1 Å². The summed E-state index contributed by atoms with van der Waals surface area (Å²) in [4.78, 5) is 34.4. The highest BCUT2D eigenvalue weighted by Gasteiger charge is 2.53. The van der Waals surface area contributed by atoms with E-state index in [4.69, 9.17) is 5.10 Å². The summed E-state index contributed by atoms with van der Waals surface area (Å²) in [6, 6.07) is 6.53. The van der Waals surface area contributed by atoms with Crippen molar-refractivity contribution in [1.29, 1.82) is 0 Å². The number of aromatic nitrogens is 2. The molecule has 1 spiro atoms. The number of aryl methyl sites for hydroxylation is 1. The van der Waals surface area contributed by atoms with Gasteiger partial charge in [0.05, 0.1) is 16.3 Å².